The van der Waals surface area contributed by atoms with E-state index in [0.717, 1.165) is 11.6 Å². The van der Waals surface area contributed by atoms with Gasteiger partial charge in [0.25, 0.3) is 0 Å². The average Bonchev–Trinajstić information content (AvgIpc) is 2.74. The number of urea groups is 1. The maximum Gasteiger partial charge on any atom is 0.418 e. The Morgan fingerprint density at radius 1 is 1.17 bits per heavy atom. The van der Waals surface area contributed by atoms with Crippen molar-refractivity contribution in [2.24, 2.45) is 0 Å². The normalized spacial score (nSPS) is 16.0. The van der Waals surface area contributed by atoms with Crippen LogP contribution in [-0.2, 0) is 10.9 Å². The third-order valence-corrected chi connectivity index (χ3v) is 4.90. The van der Waals surface area contributed by atoms with Crippen LogP contribution < -0.4 is 15.4 Å². The molecule has 0 spiro atoms. The largest absolute Gasteiger partial charge is 0.497 e. The fourth-order valence-corrected chi connectivity index (χ4v) is 3.39. The van der Waals surface area contributed by atoms with Crippen molar-refractivity contribution in [3.63, 3.8) is 0 Å². The Morgan fingerprint density at radius 2 is 1.90 bits per heavy atom. The molecule has 2 N–H and O–H groups in total. The molecule has 1 fully saturated rings. The fraction of sp³-hybridized carbons (Fsp3) is 0.381. The third kappa shape index (κ3) is 5.64. The third-order valence-electron chi connectivity index (χ3n) is 4.90. The first-order chi connectivity index (χ1) is 14.4. The minimum atomic E-state index is -4.55. The number of rotatable bonds is 6. The van der Waals surface area contributed by atoms with Gasteiger partial charge in [0.1, 0.15) is 5.75 Å². The van der Waals surface area contributed by atoms with E-state index in [2.05, 4.69) is 15.5 Å². The van der Waals surface area contributed by atoms with Crippen molar-refractivity contribution >= 4 is 11.7 Å². The molecule has 0 radical (unpaired) electrons. The molecular formula is C21H24F3N3O3. The van der Waals surface area contributed by atoms with Crippen LogP contribution in [0.1, 0.15) is 17.2 Å². The van der Waals surface area contributed by atoms with Crippen LogP contribution in [0.4, 0.5) is 23.7 Å². The predicted molar refractivity (Wildman–Crippen MR) is 107 cm³/mol. The molecule has 0 aromatic heterocycles. The highest BCUT2D eigenvalue weighted by Crippen LogP contribution is 2.34. The summed E-state index contributed by atoms with van der Waals surface area (Å²) in [7, 11) is 1.58. The van der Waals surface area contributed by atoms with Crippen molar-refractivity contribution in [2.75, 3.05) is 45.3 Å². The Kier molecular flexibility index (Phi) is 7.17. The number of anilines is 1. The highest BCUT2D eigenvalue weighted by molar-refractivity contribution is 5.90. The summed E-state index contributed by atoms with van der Waals surface area (Å²) in [4.78, 5) is 14.5. The predicted octanol–water partition coefficient (Wildman–Crippen LogP) is 3.91. The molecule has 3 rings (SSSR count). The zero-order chi connectivity index (χ0) is 21.6. The minimum absolute atomic E-state index is 0.174. The van der Waals surface area contributed by atoms with Gasteiger partial charge < -0.3 is 20.1 Å². The second-order valence-electron chi connectivity index (χ2n) is 6.82. The first kappa shape index (κ1) is 21.9. The Hall–Kier alpha value is -2.78. The SMILES string of the molecule is COc1cccc([C@@H](CNC(=O)Nc2ccccc2C(F)(F)F)N2CCOCC2)c1. The van der Waals surface area contributed by atoms with Gasteiger partial charge in [0.15, 0.2) is 0 Å². The van der Waals surface area contributed by atoms with Crippen LogP contribution in [0.2, 0.25) is 0 Å². The molecule has 1 aliphatic rings. The molecule has 30 heavy (non-hydrogen) atoms. The zero-order valence-electron chi connectivity index (χ0n) is 16.5. The molecular weight excluding hydrogens is 399 g/mol. The van der Waals surface area contributed by atoms with E-state index in [1.807, 2.05) is 24.3 Å². The zero-order valence-corrected chi connectivity index (χ0v) is 16.5. The minimum Gasteiger partial charge on any atom is -0.497 e. The highest BCUT2D eigenvalue weighted by Gasteiger charge is 2.33. The Balaban J connectivity index is 1.72. The van der Waals surface area contributed by atoms with E-state index in [-0.39, 0.29) is 18.3 Å². The van der Waals surface area contributed by atoms with E-state index in [1.165, 1.54) is 18.2 Å². The number of para-hydroxylation sites is 1. The van der Waals surface area contributed by atoms with Gasteiger partial charge in [-0.05, 0) is 29.8 Å². The van der Waals surface area contributed by atoms with E-state index in [9.17, 15) is 18.0 Å². The summed E-state index contributed by atoms with van der Waals surface area (Å²) < 4.78 is 50.1. The van der Waals surface area contributed by atoms with Gasteiger partial charge in [-0.15, -0.1) is 0 Å². The molecule has 0 saturated carbocycles. The van der Waals surface area contributed by atoms with Crippen molar-refractivity contribution in [1.82, 2.24) is 10.2 Å². The van der Waals surface area contributed by atoms with Gasteiger partial charge in [-0.2, -0.15) is 13.2 Å². The Bertz CT molecular complexity index is 855. The standard InChI is InChI=1S/C21H24F3N3O3/c1-29-16-6-4-5-15(13-16)19(27-9-11-30-12-10-27)14-25-20(28)26-18-8-3-2-7-17(18)21(22,23)24/h2-8,13,19H,9-12,14H2,1H3,(H2,25,26,28)/t19-/m1/s1. The molecule has 1 atom stereocenters. The summed E-state index contributed by atoms with van der Waals surface area (Å²) in [5.41, 5.74) is -0.239. The fourth-order valence-electron chi connectivity index (χ4n) is 3.39. The average molecular weight is 423 g/mol. The number of amides is 2. The Labute approximate surface area is 173 Å². The van der Waals surface area contributed by atoms with Crippen LogP contribution in [0.25, 0.3) is 0 Å². The number of hydrogen-bond donors (Lipinski definition) is 2. The molecule has 9 heteroatoms. The van der Waals surface area contributed by atoms with E-state index < -0.39 is 17.8 Å². The van der Waals surface area contributed by atoms with E-state index in [4.69, 9.17) is 9.47 Å². The van der Waals surface area contributed by atoms with Gasteiger partial charge in [-0.3, -0.25) is 4.90 Å². The number of nitrogens with zero attached hydrogens (tertiary/aromatic N) is 1. The number of methoxy groups -OCH3 is 1. The number of morpholine rings is 1. The monoisotopic (exact) mass is 423 g/mol. The number of carbonyl (C=O) groups excluding carboxylic acids is 1. The van der Waals surface area contributed by atoms with Crippen LogP contribution in [0.3, 0.4) is 0 Å². The lowest BCUT2D eigenvalue weighted by atomic mass is 10.0. The topological polar surface area (TPSA) is 62.8 Å². The van der Waals surface area contributed by atoms with Gasteiger partial charge in [0.05, 0.1) is 37.6 Å². The molecule has 6 nitrogen and oxygen atoms in total. The number of nitrogens with one attached hydrogen (secondary N) is 2. The number of ether oxygens (including phenoxy) is 2. The van der Waals surface area contributed by atoms with Crippen molar-refractivity contribution in [3.05, 3.63) is 59.7 Å². The number of carbonyl (C=O) groups is 1. The van der Waals surface area contributed by atoms with Crippen molar-refractivity contribution in [2.45, 2.75) is 12.2 Å². The number of benzene rings is 2. The second-order valence-corrected chi connectivity index (χ2v) is 6.82. The second kappa shape index (κ2) is 9.82. The van der Waals surface area contributed by atoms with Crippen LogP contribution >= 0.6 is 0 Å². The van der Waals surface area contributed by atoms with Gasteiger partial charge in [-0.25, -0.2) is 4.79 Å². The molecule has 1 saturated heterocycles. The quantitative estimate of drug-likeness (QED) is 0.740. The van der Waals surface area contributed by atoms with E-state index >= 15 is 0 Å². The van der Waals surface area contributed by atoms with Crippen LogP contribution in [0.5, 0.6) is 5.75 Å². The van der Waals surface area contributed by atoms with Gasteiger partial charge in [-0.1, -0.05) is 24.3 Å². The molecule has 2 aromatic carbocycles. The Morgan fingerprint density at radius 3 is 2.60 bits per heavy atom. The molecule has 0 aliphatic carbocycles. The van der Waals surface area contributed by atoms with Gasteiger partial charge in [0, 0.05) is 19.6 Å². The first-order valence-electron chi connectivity index (χ1n) is 9.55. The molecule has 2 amide bonds. The number of halogens is 3. The van der Waals surface area contributed by atoms with Crippen LogP contribution in [-0.4, -0.2) is 50.9 Å². The maximum absolute atomic E-state index is 13.1. The van der Waals surface area contributed by atoms with Crippen LogP contribution in [0, 0.1) is 0 Å². The van der Waals surface area contributed by atoms with E-state index in [0.29, 0.717) is 32.1 Å². The summed E-state index contributed by atoms with van der Waals surface area (Å²) in [6, 6.07) is 11.5. The molecule has 0 bridgehead atoms. The molecule has 162 valence electrons. The first-order valence-corrected chi connectivity index (χ1v) is 9.55. The summed E-state index contributed by atoms with van der Waals surface area (Å²) in [6.07, 6.45) is -4.55. The molecule has 1 heterocycles. The maximum atomic E-state index is 13.1. The molecule has 1 aliphatic heterocycles. The highest BCUT2D eigenvalue weighted by atomic mass is 19.4. The lowest BCUT2D eigenvalue weighted by Gasteiger charge is -2.35. The van der Waals surface area contributed by atoms with E-state index in [1.54, 1.807) is 7.11 Å². The smallest absolute Gasteiger partial charge is 0.418 e. The van der Waals surface area contributed by atoms with Crippen molar-refractivity contribution < 1.29 is 27.4 Å². The van der Waals surface area contributed by atoms with Crippen molar-refractivity contribution in [1.29, 1.82) is 0 Å². The lowest BCUT2D eigenvalue weighted by Crippen LogP contribution is -2.44. The van der Waals surface area contributed by atoms with Crippen LogP contribution in [0.15, 0.2) is 48.5 Å². The van der Waals surface area contributed by atoms with Crippen molar-refractivity contribution in [3.8, 4) is 5.75 Å². The molecule has 2 aromatic rings. The van der Waals surface area contributed by atoms with Gasteiger partial charge >= 0.3 is 12.2 Å². The lowest BCUT2D eigenvalue weighted by molar-refractivity contribution is -0.136. The summed E-state index contributed by atoms with van der Waals surface area (Å²) in [5.74, 6) is 0.689. The van der Waals surface area contributed by atoms with Gasteiger partial charge in [0.2, 0.25) is 0 Å². The number of alkyl halides is 3. The summed E-state index contributed by atoms with van der Waals surface area (Å²) in [6.45, 7) is 2.73. The summed E-state index contributed by atoms with van der Waals surface area (Å²) >= 11 is 0. The summed E-state index contributed by atoms with van der Waals surface area (Å²) in [5, 5.41) is 5.01. The molecule has 0 unspecified atom stereocenters. The number of hydrogen-bond acceptors (Lipinski definition) is 4.